The lowest BCUT2D eigenvalue weighted by Crippen LogP contribution is -2.30. The molecule has 2 aromatic heterocycles. The van der Waals surface area contributed by atoms with Gasteiger partial charge in [-0.3, -0.25) is 4.79 Å². The van der Waals surface area contributed by atoms with Crippen molar-refractivity contribution in [3.05, 3.63) is 54.0 Å². The van der Waals surface area contributed by atoms with E-state index in [1.807, 2.05) is 24.3 Å². The molecule has 0 bridgehead atoms. The number of aryl methyl sites for hydroxylation is 1. The Morgan fingerprint density at radius 2 is 1.97 bits per heavy atom. The molecule has 0 saturated carbocycles. The molecule has 0 aliphatic heterocycles. The summed E-state index contributed by atoms with van der Waals surface area (Å²) in [5.74, 6) is -1.04. The molecular weight excluding hydrogens is 370 g/mol. The number of esters is 1. The van der Waals surface area contributed by atoms with Gasteiger partial charge < -0.3 is 15.0 Å². The lowest BCUT2D eigenvalue weighted by molar-refractivity contribution is -0.119. The molecule has 0 fully saturated rings. The van der Waals surface area contributed by atoms with Gasteiger partial charge in [-0.25, -0.2) is 14.3 Å². The number of fused-ring (bicyclic) bond motifs is 1. The number of hydrogen-bond acceptors (Lipinski definition) is 6. The van der Waals surface area contributed by atoms with Gasteiger partial charge in [0.2, 0.25) is 0 Å². The second-order valence-electron chi connectivity index (χ2n) is 6.90. The van der Waals surface area contributed by atoms with Crippen LogP contribution in [0.15, 0.2) is 42.7 Å². The first kappa shape index (κ1) is 20.3. The van der Waals surface area contributed by atoms with Crippen LogP contribution in [-0.4, -0.2) is 45.7 Å². The van der Waals surface area contributed by atoms with Crippen LogP contribution in [0.1, 0.15) is 36.8 Å². The van der Waals surface area contributed by atoms with Gasteiger partial charge in [0, 0.05) is 36.4 Å². The monoisotopic (exact) mass is 395 g/mol. The van der Waals surface area contributed by atoms with E-state index in [0.717, 1.165) is 12.2 Å². The molecule has 0 atom stereocenters. The fraction of sp³-hybridized carbons (Fsp3) is 0.333. The summed E-state index contributed by atoms with van der Waals surface area (Å²) in [6.45, 7) is 8.58. The van der Waals surface area contributed by atoms with E-state index in [9.17, 15) is 9.59 Å². The molecule has 152 valence electrons. The smallest absolute Gasteiger partial charge is 0.344 e. The number of hydrogen-bond donors (Lipinski definition) is 1. The van der Waals surface area contributed by atoms with Crippen LogP contribution >= 0.6 is 0 Å². The number of nitrogens with one attached hydrogen (secondary N) is 1. The lowest BCUT2D eigenvalue weighted by Gasteiger charge is -2.27. The first-order valence-corrected chi connectivity index (χ1v) is 9.54. The first-order valence-electron chi connectivity index (χ1n) is 9.54. The van der Waals surface area contributed by atoms with Crippen LogP contribution in [0.4, 0.5) is 11.4 Å². The number of benzene rings is 1. The summed E-state index contributed by atoms with van der Waals surface area (Å²) >= 11 is 0. The van der Waals surface area contributed by atoms with Crippen molar-refractivity contribution < 1.29 is 14.3 Å². The molecule has 1 N–H and O–H groups in total. The zero-order chi connectivity index (χ0) is 21.0. The molecule has 3 aromatic rings. The van der Waals surface area contributed by atoms with E-state index >= 15 is 0 Å². The minimum absolute atomic E-state index is 0.260. The highest BCUT2D eigenvalue weighted by Gasteiger charge is 2.20. The summed E-state index contributed by atoms with van der Waals surface area (Å²) in [4.78, 5) is 31.0. The van der Waals surface area contributed by atoms with E-state index in [4.69, 9.17) is 4.74 Å². The van der Waals surface area contributed by atoms with E-state index in [1.165, 1.54) is 4.52 Å². The molecule has 0 spiro atoms. The molecule has 1 amide bonds. The molecule has 8 nitrogen and oxygen atoms in total. The van der Waals surface area contributed by atoms with Crippen LogP contribution in [0.2, 0.25) is 0 Å². The van der Waals surface area contributed by atoms with Crippen molar-refractivity contribution in [1.82, 2.24) is 14.6 Å². The van der Waals surface area contributed by atoms with Crippen molar-refractivity contribution in [3.63, 3.8) is 0 Å². The topological polar surface area (TPSA) is 88.8 Å². The number of carbonyl (C=O) groups is 2. The SMILES string of the molecule is CCN(c1ccc(NC(=O)COC(=O)c2c(C)nn3cccnc23)cc1)C(C)C. The molecule has 2 heterocycles. The lowest BCUT2D eigenvalue weighted by atomic mass is 10.2. The number of aromatic nitrogens is 3. The highest BCUT2D eigenvalue weighted by molar-refractivity contribution is 5.99. The third-order valence-electron chi connectivity index (χ3n) is 4.56. The summed E-state index contributed by atoms with van der Waals surface area (Å²) in [6, 6.07) is 9.68. The van der Waals surface area contributed by atoms with Crippen LogP contribution in [-0.2, 0) is 9.53 Å². The molecule has 29 heavy (non-hydrogen) atoms. The van der Waals surface area contributed by atoms with Gasteiger partial charge in [-0.15, -0.1) is 0 Å². The number of ether oxygens (including phenoxy) is 1. The Morgan fingerprint density at radius 1 is 1.24 bits per heavy atom. The summed E-state index contributed by atoms with van der Waals surface area (Å²) in [5, 5.41) is 6.96. The quantitative estimate of drug-likeness (QED) is 0.619. The maximum Gasteiger partial charge on any atom is 0.344 e. The highest BCUT2D eigenvalue weighted by Crippen LogP contribution is 2.20. The Hall–Kier alpha value is -3.42. The zero-order valence-electron chi connectivity index (χ0n) is 17.0. The zero-order valence-corrected chi connectivity index (χ0v) is 17.0. The Kier molecular flexibility index (Phi) is 6.11. The van der Waals surface area contributed by atoms with Crippen molar-refractivity contribution in [3.8, 4) is 0 Å². The molecule has 0 unspecified atom stereocenters. The Balaban J connectivity index is 1.60. The first-order chi connectivity index (χ1) is 13.9. The molecular formula is C21H25N5O3. The van der Waals surface area contributed by atoms with Crippen LogP contribution in [0.25, 0.3) is 5.65 Å². The van der Waals surface area contributed by atoms with E-state index in [1.54, 1.807) is 25.4 Å². The van der Waals surface area contributed by atoms with Crippen LogP contribution in [0, 0.1) is 6.92 Å². The van der Waals surface area contributed by atoms with Crippen molar-refractivity contribution in [2.45, 2.75) is 33.7 Å². The number of amides is 1. The van der Waals surface area contributed by atoms with Crippen molar-refractivity contribution >= 4 is 28.9 Å². The predicted octanol–water partition coefficient (Wildman–Crippen LogP) is 3.07. The van der Waals surface area contributed by atoms with E-state index < -0.39 is 18.5 Å². The van der Waals surface area contributed by atoms with Crippen LogP contribution in [0.3, 0.4) is 0 Å². The molecule has 8 heteroatoms. The fourth-order valence-electron chi connectivity index (χ4n) is 3.22. The van der Waals surface area contributed by atoms with Crippen molar-refractivity contribution in [2.75, 3.05) is 23.4 Å². The van der Waals surface area contributed by atoms with Gasteiger partial charge >= 0.3 is 5.97 Å². The van der Waals surface area contributed by atoms with E-state index in [-0.39, 0.29) is 5.56 Å². The van der Waals surface area contributed by atoms with E-state index in [2.05, 4.69) is 41.1 Å². The van der Waals surface area contributed by atoms with Crippen LogP contribution < -0.4 is 10.2 Å². The summed E-state index contributed by atoms with van der Waals surface area (Å²) in [6.07, 6.45) is 3.27. The normalized spacial score (nSPS) is 10.9. The number of anilines is 2. The number of nitrogens with zero attached hydrogens (tertiary/aromatic N) is 4. The summed E-state index contributed by atoms with van der Waals surface area (Å²) < 4.78 is 6.67. The largest absolute Gasteiger partial charge is 0.452 e. The molecule has 1 aromatic carbocycles. The van der Waals surface area contributed by atoms with Crippen molar-refractivity contribution in [2.24, 2.45) is 0 Å². The average Bonchev–Trinajstić information content (AvgIpc) is 3.03. The second-order valence-corrected chi connectivity index (χ2v) is 6.90. The minimum atomic E-state index is -0.628. The third-order valence-corrected chi connectivity index (χ3v) is 4.56. The fourth-order valence-corrected chi connectivity index (χ4v) is 3.22. The number of rotatable bonds is 7. The summed E-state index contributed by atoms with van der Waals surface area (Å²) in [7, 11) is 0. The highest BCUT2D eigenvalue weighted by atomic mass is 16.5. The minimum Gasteiger partial charge on any atom is -0.452 e. The van der Waals surface area contributed by atoms with Gasteiger partial charge in [0.1, 0.15) is 5.56 Å². The Bertz CT molecular complexity index is 1010. The maximum atomic E-state index is 12.4. The van der Waals surface area contributed by atoms with Crippen LogP contribution in [0.5, 0.6) is 0 Å². The Morgan fingerprint density at radius 3 is 2.62 bits per heavy atom. The van der Waals surface area contributed by atoms with Gasteiger partial charge in [0.15, 0.2) is 12.3 Å². The molecule has 0 saturated heterocycles. The van der Waals surface area contributed by atoms with Crippen molar-refractivity contribution in [1.29, 1.82) is 0 Å². The standard InChI is InChI=1S/C21H25N5O3/c1-5-25(14(2)3)17-9-7-16(8-10-17)23-18(27)13-29-21(28)19-15(4)24-26-12-6-11-22-20(19)26/h6-12,14H,5,13H2,1-4H3,(H,23,27). The van der Waals surface area contributed by atoms with Gasteiger partial charge in [-0.2, -0.15) is 5.10 Å². The average molecular weight is 395 g/mol. The van der Waals surface area contributed by atoms with E-state index in [0.29, 0.717) is 23.1 Å². The van der Waals surface area contributed by atoms with Gasteiger partial charge in [0.25, 0.3) is 5.91 Å². The molecule has 0 radical (unpaired) electrons. The third kappa shape index (κ3) is 4.53. The predicted molar refractivity (Wildman–Crippen MR) is 111 cm³/mol. The number of carbonyl (C=O) groups excluding carboxylic acids is 2. The molecule has 0 aliphatic rings. The van der Waals surface area contributed by atoms with Gasteiger partial charge in [0.05, 0.1) is 5.69 Å². The Labute approximate surface area is 169 Å². The van der Waals surface area contributed by atoms with Gasteiger partial charge in [-0.1, -0.05) is 0 Å². The molecule has 3 rings (SSSR count). The maximum absolute atomic E-state index is 12.4. The molecule has 0 aliphatic carbocycles. The second kappa shape index (κ2) is 8.72. The summed E-state index contributed by atoms with van der Waals surface area (Å²) in [5.41, 5.74) is 2.88. The van der Waals surface area contributed by atoms with Gasteiger partial charge in [-0.05, 0) is 58.0 Å².